The Kier molecular flexibility index (Phi) is 3.87. The molecule has 0 aromatic carbocycles. The first kappa shape index (κ1) is 14.6. The van der Waals surface area contributed by atoms with Crippen LogP contribution in [0.3, 0.4) is 0 Å². The van der Waals surface area contributed by atoms with Crippen LogP contribution in [0.2, 0.25) is 0 Å². The van der Waals surface area contributed by atoms with Gasteiger partial charge in [0.05, 0.1) is 5.71 Å². The van der Waals surface area contributed by atoms with E-state index in [1.165, 1.54) is 0 Å². The lowest BCUT2D eigenvalue weighted by Gasteiger charge is -2.32. The van der Waals surface area contributed by atoms with Gasteiger partial charge < -0.3 is 14.8 Å². The molecule has 0 spiro atoms. The number of hydrogen-bond acceptors (Lipinski definition) is 4. The summed E-state index contributed by atoms with van der Waals surface area (Å²) in [5.41, 5.74) is 0.552. The molecule has 1 saturated heterocycles. The van der Waals surface area contributed by atoms with Crippen LogP contribution in [0.1, 0.15) is 19.3 Å². The van der Waals surface area contributed by atoms with Gasteiger partial charge in [-0.15, -0.1) is 0 Å². The molecule has 20 heavy (non-hydrogen) atoms. The second-order valence-electron chi connectivity index (χ2n) is 4.78. The van der Waals surface area contributed by atoms with Gasteiger partial charge in [-0.3, -0.25) is 4.79 Å². The molecule has 2 heterocycles. The molecule has 0 aromatic rings. The van der Waals surface area contributed by atoms with Gasteiger partial charge in [0.15, 0.2) is 0 Å². The fourth-order valence-corrected chi connectivity index (χ4v) is 2.36. The maximum Gasteiger partial charge on any atom is 0.471 e. The minimum absolute atomic E-state index is 0.0141. The van der Waals surface area contributed by atoms with Gasteiger partial charge in [0.1, 0.15) is 0 Å². The number of carbonyl (C=O) groups is 2. The Balaban J connectivity index is 1.87. The van der Waals surface area contributed by atoms with E-state index in [0.717, 1.165) is 4.90 Å². The van der Waals surface area contributed by atoms with Gasteiger partial charge in [-0.05, 0) is 12.8 Å². The van der Waals surface area contributed by atoms with Crippen LogP contribution in [0.25, 0.3) is 0 Å². The first-order valence-corrected chi connectivity index (χ1v) is 6.10. The van der Waals surface area contributed by atoms with Crippen molar-refractivity contribution in [1.82, 2.24) is 4.90 Å². The number of alkyl halides is 3. The van der Waals surface area contributed by atoms with E-state index < -0.39 is 24.2 Å². The number of carboxylic acids is 1. The van der Waals surface area contributed by atoms with Crippen LogP contribution in [0, 0.1) is 5.92 Å². The van der Waals surface area contributed by atoms with Gasteiger partial charge >= 0.3 is 18.1 Å². The Labute approximate surface area is 112 Å². The van der Waals surface area contributed by atoms with Crippen molar-refractivity contribution in [1.29, 1.82) is 0 Å². The second kappa shape index (κ2) is 5.29. The number of piperidine rings is 1. The molecule has 1 N–H and O–H groups in total. The lowest BCUT2D eigenvalue weighted by molar-refractivity contribution is -0.186. The Morgan fingerprint density at radius 1 is 1.30 bits per heavy atom. The highest BCUT2D eigenvalue weighted by atomic mass is 19.4. The number of halogens is 3. The highest BCUT2D eigenvalue weighted by molar-refractivity contribution is 5.92. The smallest absolute Gasteiger partial charge is 0.471 e. The molecule has 2 aliphatic heterocycles. The van der Waals surface area contributed by atoms with E-state index in [0.29, 0.717) is 18.6 Å². The van der Waals surface area contributed by atoms with E-state index in [-0.39, 0.29) is 25.4 Å². The van der Waals surface area contributed by atoms with E-state index in [2.05, 4.69) is 5.16 Å². The van der Waals surface area contributed by atoms with Gasteiger partial charge in [-0.1, -0.05) is 5.16 Å². The maximum absolute atomic E-state index is 12.3. The highest BCUT2D eigenvalue weighted by Crippen LogP contribution is 2.27. The summed E-state index contributed by atoms with van der Waals surface area (Å²) in [7, 11) is 0. The van der Waals surface area contributed by atoms with Crippen LogP contribution in [-0.2, 0) is 14.4 Å². The molecule has 1 fully saturated rings. The Bertz CT molecular complexity index is 441. The Hall–Kier alpha value is -1.80. The SMILES string of the molecule is O=C(O)C1CC(C2CCN(C(=O)C(F)(F)F)CC2)=NO1. The largest absolute Gasteiger partial charge is 0.478 e. The van der Waals surface area contributed by atoms with E-state index in [4.69, 9.17) is 9.94 Å². The van der Waals surface area contributed by atoms with Crippen molar-refractivity contribution >= 4 is 17.6 Å². The number of likely N-dealkylation sites (tertiary alicyclic amines) is 1. The van der Waals surface area contributed by atoms with E-state index in [1.807, 2.05) is 0 Å². The third-order valence-electron chi connectivity index (χ3n) is 3.46. The van der Waals surface area contributed by atoms with Crippen molar-refractivity contribution in [2.45, 2.75) is 31.5 Å². The summed E-state index contributed by atoms with van der Waals surface area (Å²) in [6.07, 6.45) is -5.06. The van der Waals surface area contributed by atoms with Crippen LogP contribution in [-0.4, -0.2) is 53.0 Å². The molecule has 112 valence electrons. The molecular weight excluding hydrogens is 281 g/mol. The molecule has 0 bridgehead atoms. The summed E-state index contributed by atoms with van der Waals surface area (Å²) in [5.74, 6) is -3.07. The number of carbonyl (C=O) groups excluding carboxylic acids is 1. The van der Waals surface area contributed by atoms with Crippen molar-refractivity contribution in [3.8, 4) is 0 Å². The maximum atomic E-state index is 12.3. The lowest BCUT2D eigenvalue weighted by atomic mass is 9.89. The summed E-state index contributed by atoms with van der Waals surface area (Å²) in [5, 5.41) is 12.4. The standard InChI is InChI=1S/C11H13F3N2O4/c12-11(13,14)10(19)16-3-1-6(2-4-16)7-5-8(9(17)18)20-15-7/h6,8H,1-5H2,(H,17,18). The molecule has 0 radical (unpaired) electrons. The quantitative estimate of drug-likeness (QED) is 0.824. The van der Waals surface area contributed by atoms with Crippen molar-refractivity contribution in [2.24, 2.45) is 11.1 Å². The Morgan fingerprint density at radius 3 is 2.35 bits per heavy atom. The van der Waals surface area contributed by atoms with E-state index >= 15 is 0 Å². The molecule has 0 aromatic heterocycles. The van der Waals surface area contributed by atoms with Crippen LogP contribution in [0.5, 0.6) is 0 Å². The van der Waals surface area contributed by atoms with Gasteiger partial charge in [0.25, 0.3) is 0 Å². The van der Waals surface area contributed by atoms with Crippen LogP contribution < -0.4 is 0 Å². The van der Waals surface area contributed by atoms with Gasteiger partial charge in [-0.2, -0.15) is 13.2 Å². The first-order valence-electron chi connectivity index (χ1n) is 6.10. The van der Waals surface area contributed by atoms with Gasteiger partial charge in [0.2, 0.25) is 6.10 Å². The number of nitrogens with zero attached hydrogens (tertiary/aromatic N) is 2. The lowest BCUT2D eigenvalue weighted by Crippen LogP contribution is -2.46. The topological polar surface area (TPSA) is 79.2 Å². The van der Waals surface area contributed by atoms with Crippen molar-refractivity contribution in [3.63, 3.8) is 0 Å². The molecule has 1 unspecified atom stereocenters. The molecule has 2 aliphatic rings. The fourth-order valence-electron chi connectivity index (χ4n) is 2.36. The first-order chi connectivity index (χ1) is 9.29. The van der Waals surface area contributed by atoms with Crippen LogP contribution in [0.4, 0.5) is 13.2 Å². The summed E-state index contributed by atoms with van der Waals surface area (Å²) in [6, 6.07) is 0. The van der Waals surface area contributed by atoms with Crippen molar-refractivity contribution in [2.75, 3.05) is 13.1 Å². The fraction of sp³-hybridized carbons (Fsp3) is 0.727. The number of aliphatic carboxylic acids is 1. The van der Waals surface area contributed by atoms with Crippen LogP contribution >= 0.6 is 0 Å². The predicted octanol–water partition coefficient (Wildman–Crippen LogP) is 1.02. The second-order valence-corrected chi connectivity index (χ2v) is 4.78. The average Bonchev–Trinajstić information content (AvgIpc) is 2.86. The number of oxime groups is 1. The Morgan fingerprint density at radius 2 is 1.90 bits per heavy atom. The molecular formula is C11H13F3N2O4. The molecule has 6 nitrogen and oxygen atoms in total. The summed E-state index contributed by atoms with van der Waals surface area (Å²) in [4.78, 5) is 27.3. The number of carboxylic acid groups (broad SMARTS) is 1. The third kappa shape index (κ3) is 3.02. The van der Waals surface area contributed by atoms with Crippen molar-refractivity contribution in [3.05, 3.63) is 0 Å². The summed E-state index contributed by atoms with van der Waals surface area (Å²) >= 11 is 0. The zero-order valence-corrected chi connectivity index (χ0v) is 10.4. The normalized spacial score (nSPS) is 24.2. The monoisotopic (exact) mass is 294 g/mol. The minimum Gasteiger partial charge on any atom is -0.478 e. The molecule has 0 aliphatic carbocycles. The molecule has 1 amide bonds. The summed E-state index contributed by atoms with van der Waals surface area (Å²) in [6.45, 7) is -0.0282. The third-order valence-corrected chi connectivity index (χ3v) is 3.46. The number of rotatable bonds is 2. The van der Waals surface area contributed by atoms with E-state index in [1.54, 1.807) is 0 Å². The molecule has 1 atom stereocenters. The average molecular weight is 294 g/mol. The van der Waals surface area contributed by atoms with Gasteiger partial charge in [-0.25, -0.2) is 4.79 Å². The molecule has 0 saturated carbocycles. The highest BCUT2D eigenvalue weighted by Gasteiger charge is 2.44. The molecule has 2 rings (SSSR count). The van der Waals surface area contributed by atoms with Gasteiger partial charge in [0, 0.05) is 25.4 Å². The zero-order chi connectivity index (χ0) is 14.9. The summed E-state index contributed by atoms with van der Waals surface area (Å²) < 4.78 is 36.8. The zero-order valence-electron chi connectivity index (χ0n) is 10.4. The van der Waals surface area contributed by atoms with Crippen molar-refractivity contribution < 1.29 is 32.7 Å². The minimum atomic E-state index is -4.85. The van der Waals surface area contributed by atoms with Crippen LogP contribution in [0.15, 0.2) is 5.16 Å². The number of amides is 1. The predicted molar refractivity (Wildman–Crippen MR) is 59.9 cm³/mol. The van der Waals surface area contributed by atoms with E-state index in [9.17, 15) is 22.8 Å². The molecule has 9 heteroatoms. The number of hydrogen-bond donors (Lipinski definition) is 1.